The zero-order valence-electron chi connectivity index (χ0n) is 8.87. The van der Waals surface area contributed by atoms with Gasteiger partial charge in [-0.3, -0.25) is 0 Å². The van der Waals surface area contributed by atoms with Crippen molar-refractivity contribution < 1.29 is 13.2 Å². The molecule has 0 saturated heterocycles. The van der Waals surface area contributed by atoms with E-state index in [1.54, 1.807) is 6.07 Å². The minimum absolute atomic E-state index is 0.0826. The number of hydrogen-bond donors (Lipinski definition) is 1. The zero-order valence-corrected chi connectivity index (χ0v) is 10.5. The van der Waals surface area contributed by atoms with Crippen LogP contribution in [0.25, 0.3) is 0 Å². The molecule has 0 atom stereocenters. The van der Waals surface area contributed by atoms with E-state index in [0.717, 1.165) is 13.0 Å². The summed E-state index contributed by atoms with van der Waals surface area (Å²) < 4.78 is 37.8. The van der Waals surface area contributed by atoms with Gasteiger partial charge in [-0.25, -0.2) is 0 Å². The van der Waals surface area contributed by atoms with E-state index >= 15 is 0 Å². The Morgan fingerprint density at radius 1 is 1.31 bits per heavy atom. The molecule has 0 heterocycles. The molecule has 0 radical (unpaired) electrons. The van der Waals surface area contributed by atoms with Crippen LogP contribution in [0.5, 0.6) is 0 Å². The summed E-state index contributed by atoms with van der Waals surface area (Å²) in [7, 11) is 0. The fraction of sp³-hybridized carbons (Fsp3) is 0.455. The third-order valence-electron chi connectivity index (χ3n) is 2.09. The molecule has 0 aliphatic heterocycles. The van der Waals surface area contributed by atoms with E-state index in [9.17, 15) is 13.2 Å². The van der Waals surface area contributed by atoms with Crippen LogP contribution in [-0.2, 0) is 12.7 Å². The average molecular weight is 296 g/mol. The molecule has 5 heteroatoms. The van der Waals surface area contributed by atoms with Crippen molar-refractivity contribution in [3.63, 3.8) is 0 Å². The van der Waals surface area contributed by atoms with E-state index in [4.69, 9.17) is 0 Å². The van der Waals surface area contributed by atoms with Crippen LogP contribution >= 0.6 is 15.9 Å². The first-order chi connectivity index (χ1) is 7.45. The fourth-order valence-corrected chi connectivity index (χ4v) is 1.78. The second-order valence-electron chi connectivity index (χ2n) is 3.49. The molecule has 16 heavy (non-hydrogen) atoms. The molecule has 0 fully saturated rings. The molecule has 0 aromatic heterocycles. The molecule has 0 amide bonds. The van der Waals surface area contributed by atoms with Crippen LogP contribution < -0.4 is 5.32 Å². The number of nitrogens with one attached hydrogen (secondary N) is 1. The Morgan fingerprint density at radius 2 is 2.00 bits per heavy atom. The van der Waals surface area contributed by atoms with Gasteiger partial charge in [0.15, 0.2) is 0 Å². The lowest BCUT2D eigenvalue weighted by molar-refractivity contribution is -0.138. The number of hydrogen-bond acceptors (Lipinski definition) is 1. The van der Waals surface area contributed by atoms with Crippen LogP contribution in [0.1, 0.15) is 24.5 Å². The van der Waals surface area contributed by atoms with Crippen molar-refractivity contribution in [3.8, 4) is 0 Å². The lowest BCUT2D eigenvalue weighted by Gasteiger charge is -2.11. The topological polar surface area (TPSA) is 12.0 Å². The summed E-state index contributed by atoms with van der Waals surface area (Å²) in [6.07, 6.45) is -3.34. The Labute approximate surface area is 101 Å². The molecule has 1 N–H and O–H groups in total. The maximum atomic E-state index is 12.6. The lowest BCUT2D eigenvalue weighted by Crippen LogP contribution is -2.15. The molecule has 0 aliphatic carbocycles. The minimum atomic E-state index is -4.31. The molecule has 0 aliphatic rings. The van der Waals surface area contributed by atoms with Gasteiger partial charge < -0.3 is 5.32 Å². The van der Waals surface area contributed by atoms with Crippen molar-refractivity contribution in [2.75, 3.05) is 6.54 Å². The van der Waals surface area contributed by atoms with Gasteiger partial charge in [0.25, 0.3) is 0 Å². The van der Waals surface area contributed by atoms with Gasteiger partial charge in [-0.05, 0) is 30.7 Å². The second kappa shape index (κ2) is 5.68. The number of benzene rings is 1. The highest BCUT2D eigenvalue weighted by molar-refractivity contribution is 9.10. The average Bonchev–Trinajstić information content (AvgIpc) is 2.19. The summed E-state index contributed by atoms with van der Waals surface area (Å²) in [6.45, 7) is 3.28. The molecule has 1 nitrogen and oxygen atoms in total. The summed E-state index contributed by atoms with van der Waals surface area (Å²) in [5.74, 6) is 0. The van der Waals surface area contributed by atoms with Gasteiger partial charge in [-0.2, -0.15) is 13.2 Å². The van der Waals surface area contributed by atoms with Gasteiger partial charge in [-0.1, -0.05) is 28.9 Å². The van der Waals surface area contributed by atoms with Crippen LogP contribution in [0, 0.1) is 0 Å². The van der Waals surface area contributed by atoms with Crippen LogP contribution in [0.4, 0.5) is 13.2 Å². The van der Waals surface area contributed by atoms with Crippen molar-refractivity contribution in [3.05, 3.63) is 33.8 Å². The molecule has 1 aromatic rings. The van der Waals surface area contributed by atoms with Crippen LogP contribution in [-0.4, -0.2) is 6.54 Å². The van der Waals surface area contributed by atoms with Crippen molar-refractivity contribution in [2.24, 2.45) is 0 Å². The van der Waals surface area contributed by atoms with E-state index in [0.29, 0.717) is 12.1 Å². The van der Waals surface area contributed by atoms with Crippen molar-refractivity contribution in [1.29, 1.82) is 0 Å². The zero-order chi connectivity index (χ0) is 12.2. The monoisotopic (exact) mass is 295 g/mol. The van der Waals surface area contributed by atoms with E-state index in [2.05, 4.69) is 21.2 Å². The van der Waals surface area contributed by atoms with Crippen LogP contribution in [0.2, 0.25) is 0 Å². The van der Waals surface area contributed by atoms with Crippen LogP contribution in [0.15, 0.2) is 22.7 Å². The van der Waals surface area contributed by atoms with Gasteiger partial charge in [0.2, 0.25) is 0 Å². The highest BCUT2D eigenvalue weighted by atomic mass is 79.9. The first-order valence-corrected chi connectivity index (χ1v) is 5.80. The normalized spacial score (nSPS) is 11.8. The third-order valence-corrected chi connectivity index (χ3v) is 2.78. The maximum absolute atomic E-state index is 12.6. The van der Waals surface area contributed by atoms with Crippen LogP contribution in [0.3, 0.4) is 0 Å². The van der Waals surface area contributed by atoms with Gasteiger partial charge in [0.05, 0.1) is 5.56 Å². The summed E-state index contributed by atoms with van der Waals surface area (Å²) in [4.78, 5) is 0. The maximum Gasteiger partial charge on any atom is 0.417 e. The molecule has 0 spiro atoms. The predicted molar refractivity (Wildman–Crippen MR) is 61.1 cm³/mol. The standard InChI is InChI=1S/C11H13BrF3N/c1-2-5-16-7-8-3-4-10(12)9(6-8)11(13,14)15/h3-4,6,16H,2,5,7H2,1H3. The SMILES string of the molecule is CCCNCc1ccc(Br)c(C(F)(F)F)c1. The molecule has 0 saturated carbocycles. The summed E-state index contributed by atoms with van der Waals surface area (Å²) >= 11 is 2.91. The third kappa shape index (κ3) is 3.79. The van der Waals surface area contributed by atoms with Crippen molar-refractivity contribution in [2.45, 2.75) is 26.1 Å². The van der Waals surface area contributed by atoms with E-state index in [1.165, 1.54) is 12.1 Å². The summed E-state index contributed by atoms with van der Waals surface area (Å²) in [6, 6.07) is 4.29. The lowest BCUT2D eigenvalue weighted by atomic mass is 10.1. The highest BCUT2D eigenvalue weighted by Gasteiger charge is 2.32. The minimum Gasteiger partial charge on any atom is -0.313 e. The largest absolute Gasteiger partial charge is 0.417 e. The molecular formula is C11H13BrF3N. The van der Waals surface area contributed by atoms with E-state index in [-0.39, 0.29) is 4.47 Å². The Balaban J connectivity index is 2.82. The molecule has 0 unspecified atom stereocenters. The van der Waals surface area contributed by atoms with Gasteiger partial charge in [-0.15, -0.1) is 0 Å². The Kier molecular flexibility index (Phi) is 4.80. The smallest absolute Gasteiger partial charge is 0.313 e. The Bertz CT molecular complexity index is 350. The Morgan fingerprint density at radius 3 is 2.56 bits per heavy atom. The number of alkyl halides is 3. The van der Waals surface area contributed by atoms with E-state index in [1.807, 2.05) is 6.92 Å². The highest BCUT2D eigenvalue weighted by Crippen LogP contribution is 2.35. The molecule has 1 aromatic carbocycles. The van der Waals surface area contributed by atoms with Gasteiger partial charge in [0, 0.05) is 11.0 Å². The van der Waals surface area contributed by atoms with Gasteiger partial charge >= 0.3 is 6.18 Å². The molecular weight excluding hydrogens is 283 g/mol. The van der Waals surface area contributed by atoms with E-state index < -0.39 is 11.7 Å². The number of rotatable bonds is 4. The second-order valence-corrected chi connectivity index (χ2v) is 4.34. The molecule has 0 bridgehead atoms. The summed E-state index contributed by atoms with van der Waals surface area (Å²) in [5.41, 5.74) is 0.0206. The Hall–Kier alpha value is -0.550. The van der Waals surface area contributed by atoms with Crippen molar-refractivity contribution >= 4 is 15.9 Å². The molecule has 90 valence electrons. The predicted octanol–water partition coefficient (Wildman–Crippen LogP) is 3.97. The molecule has 1 rings (SSSR count). The quantitative estimate of drug-likeness (QED) is 0.829. The summed E-state index contributed by atoms with van der Waals surface area (Å²) in [5, 5.41) is 3.07. The fourth-order valence-electron chi connectivity index (χ4n) is 1.31. The van der Waals surface area contributed by atoms with Gasteiger partial charge in [0.1, 0.15) is 0 Å². The first kappa shape index (κ1) is 13.5. The number of halogens is 4. The first-order valence-electron chi connectivity index (χ1n) is 5.01. The van der Waals surface area contributed by atoms with Crippen molar-refractivity contribution in [1.82, 2.24) is 5.32 Å².